The standard InChI is InChI=1S/C22H20N4OS2/c1-13-8-10-16(11-9-13)19-21-20(23-15(3)29-21)22(26-25-19)28-12-18(27)24-17-7-5-4-6-14(17)2/h4-11H,12H2,1-3H3,(H,24,27). The average molecular weight is 421 g/mol. The van der Waals surface area contributed by atoms with Crippen molar-refractivity contribution in [1.82, 2.24) is 15.2 Å². The summed E-state index contributed by atoms with van der Waals surface area (Å²) >= 11 is 2.96. The summed E-state index contributed by atoms with van der Waals surface area (Å²) in [7, 11) is 0. The normalized spacial score (nSPS) is 11.0. The summed E-state index contributed by atoms with van der Waals surface area (Å²) in [5.74, 6) is 0.173. The van der Waals surface area contributed by atoms with Crippen molar-refractivity contribution >= 4 is 44.9 Å². The number of carbonyl (C=O) groups excluding carboxylic acids is 1. The fraction of sp³-hybridized carbons (Fsp3) is 0.182. The quantitative estimate of drug-likeness (QED) is 0.437. The Labute approximate surface area is 177 Å². The molecule has 0 fully saturated rings. The molecule has 0 saturated heterocycles. The molecule has 7 heteroatoms. The average Bonchev–Trinajstić information content (AvgIpc) is 3.10. The number of rotatable bonds is 5. The maximum absolute atomic E-state index is 12.4. The van der Waals surface area contributed by atoms with E-state index in [-0.39, 0.29) is 11.7 Å². The zero-order valence-corrected chi connectivity index (χ0v) is 18.0. The van der Waals surface area contributed by atoms with E-state index in [1.54, 1.807) is 11.3 Å². The third kappa shape index (κ3) is 4.31. The van der Waals surface area contributed by atoms with Crippen molar-refractivity contribution < 1.29 is 4.79 Å². The van der Waals surface area contributed by atoms with Crippen molar-refractivity contribution in [3.63, 3.8) is 0 Å². The van der Waals surface area contributed by atoms with Crippen molar-refractivity contribution in [3.05, 3.63) is 64.7 Å². The van der Waals surface area contributed by atoms with Crippen LogP contribution >= 0.6 is 23.1 Å². The fourth-order valence-electron chi connectivity index (χ4n) is 2.95. The van der Waals surface area contributed by atoms with E-state index in [9.17, 15) is 4.79 Å². The molecule has 4 rings (SSSR count). The lowest BCUT2D eigenvalue weighted by Gasteiger charge is -2.08. The number of thioether (sulfide) groups is 1. The van der Waals surface area contributed by atoms with Crippen LogP contribution in [-0.4, -0.2) is 26.8 Å². The molecule has 146 valence electrons. The minimum Gasteiger partial charge on any atom is -0.325 e. The van der Waals surface area contributed by atoms with Gasteiger partial charge in [-0.1, -0.05) is 59.8 Å². The maximum Gasteiger partial charge on any atom is 0.234 e. The summed E-state index contributed by atoms with van der Waals surface area (Å²) < 4.78 is 1.00. The van der Waals surface area contributed by atoms with Gasteiger partial charge in [-0.15, -0.1) is 21.5 Å². The number of hydrogen-bond acceptors (Lipinski definition) is 6. The van der Waals surface area contributed by atoms with Crippen LogP contribution in [0.15, 0.2) is 53.6 Å². The highest BCUT2D eigenvalue weighted by Gasteiger charge is 2.17. The Morgan fingerprint density at radius 3 is 2.55 bits per heavy atom. The summed E-state index contributed by atoms with van der Waals surface area (Å²) in [6.07, 6.45) is 0. The predicted octanol–water partition coefficient (Wildman–Crippen LogP) is 5.41. The van der Waals surface area contributed by atoms with Gasteiger partial charge in [0.1, 0.15) is 16.2 Å². The van der Waals surface area contributed by atoms with E-state index < -0.39 is 0 Å². The number of thiazole rings is 1. The summed E-state index contributed by atoms with van der Waals surface area (Å²) in [6, 6.07) is 16.0. The van der Waals surface area contributed by atoms with Gasteiger partial charge >= 0.3 is 0 Å². The van der Waals surface area contributed by atoms with Gasteiger partial charge in [-0.05, 0) is 32.4 Å². The van der Waals surface area contributed by atoms with Crippen LogP contribution in [0, 0.1) is 20.8 Å². The first kappa shape index (κ1) is 19.5. The van der Waals surface area contributed by atoms with E-state index in [1.807, 2.05) is 38.1 Å². The smallest absolute Gasteiger partial charge is 0.234 e. The van der Waals surface area contributed by atoms with Crippen LogP contribution in [-0.2, 0) is 4.79 Å². The number of benzene rings is 2. The van der Waals surface area contributed by atoms with Crippen molar-refractivity contribution in [2.24, 2.45) is 0 Å². The molecule has 1 amide bonds. The molecular weight excluding hydrogens is 400 g/mol. The van der Waals surface area contributed by atoms with Gasteiger partial charge in [-0.3, -0.25) is 4.79 Å². The van der Waals surface area contributed by atoms with Crippen LogP contribution < -0.4 is 5.32 Å². The second-order valence-corrected chi connectivity index (χ2v) is 8.95. The highest BCUT2D eigenvalue weighted by molar-refractivity contribution is 8.00. The molecule has 2 heterocycles. The van der Waals surface area contributed by atoms with E-state index in [0.717, 1.165) is 37.7 Å². The SMILES string of the molecule is Cc1ccc(-c2nnc(SCC(=O)Nc3ccccc3C)c3nc(C)sc23)cc1. The Balaban J connectivity index is 1.57. The number of aromatic nitrogens is 3. The van der Waals surface area contributed by atoms with Gasteiger partial charge in [0.2, 0.25) is 5.91 Å². The molecule has 0 aliphatic rings. The van der Waals surface area contributed by atoms with Gasteiger partial charge in [0.05, 0.1) is 15.5 Å². The summed E-state index contributed by atoms with van der Waals surface area (Å²) in [6.45, 7) is 6.01. The van der Waals surface area contributed by atoms with Crippen molar-refractivity contribution in [2.75, 3.05) is 11.1 Å². The molecule has 1 N–H and O–H groups in total. The lowest BCUT2D eigenvalue weighted by atomic mass is 10.1. The van der Waals surface area contributed by atoms with Crippen LogP contribution in [0.25, 0.3) is 21.5 Å². The number of amides is 1. The van der Waals surface area contributed by atoms with Gasteiger partial charge in [0.25, 0.3) is 0 Å². The van der Waals surface area contributed by atoms with Crippen LogP contribution in [0.4, 0.5) is 5.69 Å². The zero-order chi connectivity index (χ0) is 20.4. The molecule has 29 heavy (non-hydrogen) atoms. The Hall–Kier alpha value is -2.77. The first-order valence-electron chi connectivity index (χ1n) is 9.20. The number of anilines is 1. The van der Waals surface area contributed by atoms with Crippen LogP contribution in [0.3, 0.4) is 0 Å². The molecule has 0 atom stereocenters. The molecule has 0 unspecified atom stereocenters. The highest BCUT2D eigenvalue weighted by Crippen LogP contribution is 2.35. The number of nitrogens with one attached hydrogen (secondary N) is 1. The first-order chi connectivity index (χ1) is 14.0. The lowest BCUT2D eigenvalue weighted by molar-refractivity contribution is -0.113. The van der Waals surface area contributed by atoms with Crippen LogP contribution in [0.5, 0.6) is 0 Å². The highest BCUT2D eigenvalue weighted by atomic mass is 32.2. The monoisotopic (exact) mass is 420 g/mol. The molecule has 0 aliphatic heterocycles. The van der Waals surface area contributed by atoms with Gasteiger partial charge in [-0.25, -0.2) is 4.98 Å². The largest absolute Gasteiger partial charge is 0.325 e. The molecule has 2 aromatic heterocycles. The van der Waals surface area contributed by atoms with Gasteiger partial charge in [0, 0.05) is 11.3 Å². The summed E-state index contributed by atoms with van der Waals surface area (Å²) in [4.78, 5) is 17.1. The molecular formula is C22H20N4OS2. The Morgan fingerprint density at radius 1 is 1.03 bits per heavy atom. The Kier molecular flexibility index (Phi) is 5.60. The summed E-state index contributed by atoms with van der Waals surface area (Å²) in [5.41, 5.74) is 5.72. The Bertz CT molecular complexity index is 1190. The number of fused-ring (bicyclic) bond motifs is 1. The van der Waals surface area contributed by atoms with E-state index in [4.69, 9.17) is 0 Å². The van der Waals surface area contributed by atoms with E-state index >= 15 is 0 Å². The van der Waals surface area contributed by atoms with Crippen molar-refractivity contribution in [3.8, 4) is 11.3 Å². The molecule has 0 aliphatic carbocycles. The van der Waals surface area contributed by atoms with E-state index in [1.165, 1.54) is 17.3 Å². The third-order valence-corrected chi connectivity index (χ3v) is 6.41. The van der Waals surface area contributed by atoms with Gasteiger partial charge in [-0.2, -0.15) is 0 Å². The lowest BCUT2D eigenvalue weighted by Crippen LogP contribution is -2.15. The molecule has 0 radical (unpaired) electrons. The van der Waals surface area contributed by atoms with Crippen LogP contribution in [0.1, 0.15) is 16.1 Å². The number of para-hydroxylation sites is 1. The van der Waals surface area contributed by atoms with Gasteiger partial charge in [0.15, 0.2) is 0 Å². The van der Waals surface area contributed by atoms with Crippen molar-refractivity contribution in [2.45, 2.75) is 25.8 Å². The minimum atomic E-state index is -0.0752. The third-order valence-electron chi connectivity index (χ3n) is 4.48. The van der Waals surface area contributed by atoms with E-state index in [0.29, 0.717) is 5.03 Å². The number of carbonyl (C=O) groups is 1. The van der Waals surface area contributed by atoms with Crippen molar-refractivity contribution in [1.29, 1.82) is 0 Å². The second-order valence-electron chi connectivity index (χ2n) is 6.78. The predicted molar refractivity (Wildman–Crippen MR) is 121 cm³/mol. The maximum atomic E-state index is 12.4. The molecule has 4 aromatic rings. The zero-order valence-electron chi connectivity index (χ0n) is 16.4. The molecule has 0 bridgehead atoms. The molecule has 0 spiro atoms. The topological polar surface area (TPSA) is 67.8 Å². The van der Waals surface area contributed by atoms with E-state index in [2.05, 4.69) is 51.7 Å². The number of nitrogens with zero attached hydrogens (tertiary/aromatic N) is 3. The second kappa shape index (κ2) is 8.31. The van der Waals surface area contributed by atoms with Crippen LogP contribution in [0.2, 0.25) is 0 Å². The first-order valence-corrected chi connectivity index (χ1v) is 11.0. The molecule has 0 saturated carbocycles. The number of hydrogen-bond donors (Lipinski definition) is 1. The fourth-order valence-corrected chi connectivity index (χ4v) is 4.67. The van der Waals surface area contributed by atoms with Gasteiger partial charge < -0.3 is 5.32 Å². The number of aryl methyl sites for hydroxylation is 3. The molecule has 5 nitrogen and oxygen atoms in total. The summed E-state index contributed by atoms with van der Waals surface area (Å²) in [5, 5.41) is 13.4. The molecule has 2 aromatic carbocycles. The minimum absolute atomic E-state index is 0.0752. The Morgan fingerprint density at radius 2 is 1.79 bits per heavy atom.